The van der Waals surface area contributed by atoms with E-state index in [1.54, 1.807) is 0 Å². The van der Waals surface area contributed by atoms with E-state index in [-0.39, 0.29) is 0 Å². The molecule has 1 N–H and O–H groups in total. The molecular formula is C10H16Cl2N2. The lowest BCUT2D eigenvalue weighted by molar-refractivity contribution is 0.162. The predicted molar refractivity (Wildman–Crippen MR) is 60.7 cm³/mol. The Hall–Kier alpha value is 0.240. The van der Waals surface area contributed by atoms with Crippen LogP contribution in [0.25, 0.3) is 0 Å². The van der Waals surface area contributed by atoms with Crippen LogP contribution >= 0.6 is 23.2 Å². The summed E-state index contributed by atoms with van der Waals surface area (Å²) in [6.07, 6.45) is 3.19. The van der Waals surface area contributed by atoms with E-state index in [1.165, 1.54) is 32.6 Å². The van der Waals surface area contributed by atoms with Gasteiger partial charge in [0.1, 0.15) is 4.49 Å². The van der Waals surface area contributed by atoms with Crippen LogP contribution in [0.1, 0.15) is 6.42 Å². The molecule has 0 bridgehead atoms. The Labute approximate surface area is 95.2 Å². The molecule has 0 aromatic heterocycles. The topological polar surface area (TPSA) is 15.3 Å². The summed E-state index contributed by atoms with van der Waals surface area (Å²) in [5.41, 5.74) is 0. The minimum atomic E-state index is 0.386. The van der Waals surface area contributed by atoms with Crippen molar-refractivity contribution in [2.45, 2.75) is 6.42 Å². The third-order valence-corrected chi connectivity index (χ3v) is 3.60. The molecule has 2 nitrogen and oxygen atoms in total. The van der Waals surface area contributed by atoms with E-state index >= 15 is 0 Å². The molecule has 0 aliphatic carbocycles. The summed E-state index contributed by atoms with van der Waals surface area (Å²) in [6, 6.07) is 0. The summed E-state index contributed by atoms with van der Waals surface area (Å²) < 4.78 is 0.386. The van der Waals surface area contributed by atoms with Crippen molar-refractivity contribution >= 4 is 23.2 Å². The molecule has 0 aromatic carbocycles. The fourth-order valence-electron chi connectivity index (χ4n) is 2.47. The smallest absolute Gasteiger partial charge is 0.104 e. The van der Waals surface area contributed by atoms with Crippen LogP contribution in [0, 0.1) is 11.8 Å². The van der Waals surface area contributed by atoms with Crippen LogP contribution < -0.4 is 5.32 Å². The lowest BCUT2D eigenvalue weighted by Crippen LogP contribution is -2.39. The van der Waals surface area contributed by atoms with Crippen LogP contribution in [0.2, 0.25) is 0 Å². The molecule has 2 unspecified atom stereocenters. The second-order valence-electron chi connectivity index (χ2n) is 4.22. The third kappa shape index (κ3) is 2.63. The van der Waals surface area contributed by atoms with Crippen molar-refractivity contribution in [3.05, 3.63) is 10.6 Å². The zero-order valence-corrected chi connectivity index (χ0v) is 9.69. The summed E-state index contributed by atoms with van der Waals surface area (Å²) in [4.78, 5) is 2.43. The maximum atomic E-state index is 5.60. The Morgan fingerprint density at radius 1 is 1.36 bits per heavy atom. The van der Waals surface area contributed by atoms with Crippen molar-refractivity contribution in [3.63, 3.8) is 0 Å². The summed E-state index contributed by atoms with van der Waals surface area (Å²) in [6.45, 7) is 5.66. The van der Waals surface area contributed by atoms with E-state index in [0.29, 0.717) is 4.49 Å². The van der Waals surface area contributed by atoms with Gasteiger partial charge in [-0.15, -0.1) is 0 Å². The SMILES string of the molecule is ClC(Cl)=CCN1CCC2CNCC2C1. The first kappa shape index (κ1) is 10.7. The van der Waals surface area contributed by atoms with Crippen molar-refractivity contribution in [2.24, 2.45) is 11.8 Å². The number of likely N-dealkylation sites (tertiary alicyclic amines) is 1. The maximum absolute atomic E-state index is 5.60. The highest BCUT2D eigenvalue weighted by molar-refractivity contribution is 6.55. The highest BCUT2D eigenvalue weighted by Gasteiger charge is 2.32. The van der Waals surface area contributed by atoms with Gasteiger partial charge in [0.25, 0.3) is 0 Å². The number of halogens is 2. The largest absolute Gasteiger partial charge is 0.316 e. The normalized spacial score (nSPS) is 32.7. The van der Waals surface area contributed by atoms with E-state index in [9.17, 15) is 0 Å². The van der Waals surface area contributed by atoms with Gasteiger partial charge in [-0.25, -0.2) is 0 Å². The number of nitrogens with one attached hydrogen (secondary N) is 1. The lowest BCUT2D eigenvalue weighted by atomic mass is 9.89. The number of fused-ring (bicyclic) bond motifs is 1. The van der Waals surface area contributed by atoms with Crippen molar-refractivity contribution in [3.8, 4) is 0 Å². The number of rotatable bonds is 2. The minimum Gasteiger partial charge on any atom is -0.316 e. The van der Waals surface area contributed by atoms with Gasteiger partial charge >= 0.3 is 0 Å². The van der Waals surface area contributed by atoms with Crippen LogP contribution in [0.3, 0.4) is 0 Å². The Kier molecular flexibility index (Phi) is 3.72. The lowest BCUT2D eigenvalue weighted by Gasteiger charge is -2.33. The molecule has 2 heterocycles. The zero-order valence-electron chi connectivity index (χ0n) is 8.18. The number of hydrogen-bond acceptors (Lipinski definition) is 2. The Bertz CT molecular complexity index is 226. The molecule has 2 aliphatic rings. The molecule has 2 fully saturated rings. The molecular weight excluding hydrogens is 219 g/mol. The van der Waals surface area contributed by atoms with Gasteiger partial charge in [-0.1, -0.05) is 23.2 Å². The summed E-state index contributed by atoms with van der Waals surface area (Å²) >= 11 is 11.2. The van der Waals surface area contributed by atoms with Gasteiger partial charge in [0.2, 0.25) is 0 Å². The van der Waals surface area contributed by atoms with Crippen LogP contribution in [-0.4, -0.2) is 37.6 Å². The molecule has 0 aromatic rings. The number of hydrogen-bond donors (Lipinski definition) is 1. The van der Waals surface area contributed by atoms with Crippen molar-refractivity contribution in [1.82, 2.24) is 10.2 Å². The van der Waals surface area contributed by atoms with Gasteiger partial charge in [0.15, 0.2) is 0 Å². The Morgan fingerprint density at radius 3 is 2.93 bits per heavy atom. The fraction of sp³-hybridized carbons (Fsp3) is 0.800. The number of nitrogens with zero attached hydrogens (tertiary/aromatic N) is 1. The van der Waals surface area contributed by atoms with Gasteiger partial charge in [-0.3, -0.25) is 4.90 Å². The van der Waals surface area contributed by atoms with Gasteiger partial charge in [-0.05, 0) is 44.0 Å². The molecule has 4 heteroatoms. The molecule has 0 amide bonds. The standard InChI is InChI=1S/C10H16Cl2N2/c11-10(12)2-4-14-3-1-8-5-13-6-9(8)7-14/h2,8-9,13H,1,3-7H2. The van der Waals surface area contributed by atoms with Crippen molar-refractivity contribution < 1.29 is 0 Å². The molecule has 2 saturated heterocycles. The van der Waals surface area contributed by atoms with E-state index in [1.807, 2.05) is 6.08 Å². The average molecular weight is 235 g/mol. The van der Waals surface area contributed by atoms with E-state index in [2.05, 4.69) is 10.2 Å². The van der Waals surface area contributed by atoms with Crippen molar-refractivity contribution in [2.75, 3.05) is 32.7 Å². The second-order valence-corrected chi connectivity index (χ2v) is 5.23. The first-order valence-corrected chi connectivity index (χ1v) is 5.95. The molecule has 2 atom stereocenters. The van der Waals surface area contributed by atoms with Gasteiger partial charge in [0, 0.05) is 13.1 Å². The molecule has 0 radical (unpaired) electrons. The predicted octanol–water partition coefficient (Wildman–Crippen LogP) is 1.85. The first-order valence-electron chi connectivity index (χ1n) is 5.20. The van der Waals surface area contributed by atoms with Gasteiger partial charge < -0.3 is 5.32 Å². The van der Waals surface area contributed by atoms with Crippen LogP contribution in [-0.2, 0) is 0 Å². The van der Waals surface area contributed by atoms with E-state index in [4.69, 9.17) is 23.2 Å². The monoisotopic (exact) mass is 234 g/mol. The molecule has 2 aliphatic heterocycles. The molecule has 14 heavy (non-hydrogen) atoms. The van der Waals surface area contributed by atoms with E-state index < -0.39 is 0 Å². The fourth-order valence-corrected chi connectivity index (χ4v) is 2.61. The van der Waals surface area contributed by atoms with Crippen molar-refractivity contribution in [1.29, 1.82) is 0 Å². The average Bonchev–Trinajstić information content (AvgIpc) is 2.61. The number of piperidine rings is 1. The summed E-state index contributed by atoms with van der Waals surface area (Å²) in [7, 11) is 0. The first-order chi connectivity index (χ1) is 6.75. The zero-order chi connectivity index (χ0) is 9.97. The molecule has 80 valence electrons. The highest BCUT2D eigenvalue weighted by atomic mass is 35.5. The highest BCUT2D eigenvalue weighted by Crippen LogP contribution is 2.26. The van der Waals surface area contributed by atoms with E-state index in [0.717, 1.165) is 18.4 Å². The third-order valence-electron chi connectivity index (χ3n) is 3.29. The summed E-state index contributed by atoms with van der Waals surface area (Å²) in [5.74, 6) is 1.74. The van der Waals surface area contributed by atoms with Crippen LogP contribution in [0.4, 0.5) is 0 Å². The Balaban J connectivity index is 1.82. The van der Waals surface area contributed by atoms with Gasteiger partial charge in [-0.2, -0.15) is 0 Å². The minimum absolute atomic E-state index is 0.386. The van der Waals surface area contributed by atoms with Crippen LogP contribution in [0.5, 0.6) is 0 Å². The quantitative estimate of drug-likeness (QED) is 0.785. The summed E-state index contributed by atoms with van der Waals surface area (Å²) in [5, 5.41) is 3.46. The maximum Gasteiger partial charge on any atom is 0.104 e. The molecule has 0 spiro atoms. The van der Waals surface area contributed by atoms with Crippen LogP contribution in [0.15, 0.2) is 10.6 Å². The molecule has 2 rings (SSSR count). The second kappa shape index (κ2) is 4.84. The molecule has 0 saturated carbocycles. The Morgan fingerprint density at radius 2 is 2.14 bits per heavy atom. The van der Waals surface area contributed by atoms with Gasteiger partial charge in [0.05, 0.1) is 0 Å².